The van der Waals surface area contributed by atoms with Gasteiger partial charge < -0.3 is 13.4 Å². The highest BCUT2D eigenvalue weighted by Crippen LogP contribution is 2.57. The van der Waals surface area contributed by atoms with Gasteiger partial charge in [-0.05, 0) is 58.7 Å². The molecule has 9 aromatic rings. The molecular weight excluding hydrogens is 514 g/mol. The minimum absolute atomic E-state index is 0.213. The van der Waals surface area contributed by atoms with E-state index in [1.54, 1.807) is 0 Å². The van der Waals surface area contributed by atoms with Crippen molar-refractivity contribution in [3.63, 3.8) is 0 Å². The minimum Gasteiger partial charge on any atom is -0.456 e. The van der Waals surface area contributed by atoms with Crippen LogP contribution in [0.4, 0.5) is 0 Å². The molecule has 0 bridgehead atoms. The van der Waals surface area contributed by atoms with Crippen LogP contribution in [0.5, 0.6) is 0 Å². The van der Waals surface area contributed by atoms with Crippen molar-refractivity contribution in [2.75, 3.05) is 0 Å². The number of para-hydroxylation sites is 3. The highest BCUT2D eigenvalue weighted by atomic mass is 16.3. The van der Waals surface area contributed by atoms with Crippen LogP contribution in [0, 0.1) is 0 Å². The van der Waals surface area contributed by atoms with E-state index in [1.807, 2.05) is 12.1 Å². The first kappa shape index (κ1) is 22.4. The molecule has 0 radical (unpaired) electrons. The summed E-state index contributed by atoms with van der Waals surface area (Å²) in [5.74, 6) is 0. The molecule has 3 heterocycles. The van der Waals surface area contributed by atoms with E-state index in [9.17, 15) is 0 Å². The monoisotopic (exact) mass is 539 g/mol. The first-order chi connectivity index (χ1) is 20.6. The van der Waals surface area contributed by atoms with Crippen LogP contribution in [0.3, 0.4) is 0 Å². The van der Waals surface area contributed by atoms with Crippen molar-refractivity contribution < 1.29 is 8.83 Å². The zero-order valence-corrected chi connectivity index (χ0v) is 23.2. The van der Waals surface area contributed by atoms with E-state index in [4.69, 9.17) is 8.83 Å². The summed E-state index contributed by atoms with van der Waals surface area (Å²) in [4.78, 5) is 0. The van der Waals surface area contributed by atoms with Crippen LogP contribution in [-0.4, -0.2) is 4.57 Å². The van der Waals surface area contributed by atoms with E-state index < -0.39 is 0 Å². The number of aromatic nitrogens is 1. The summed E-state index contributed by atoms with van der Waals surface area (Å²) in [6.45, 7) is 4.75. The fourth-order valence-electron chi connectivity index (χ4n) is 7.80. The normalized spacial score (nSPS) is 14.1. The van der Waals surface area contributed by atoms with Crippen molar-refractivity contribution in [2.45, 2.75) is 19.3 Å². The van der Waals surface area contributed by atoms with E-state index >= 15 is 0 Å². The third-order valence-electron chi connectivity index (χ3n) is 9.55. The summed E-state index contributed by atoms with van der Waals surface area (Å²) in [6.07, 6.45) is 0. The van der Waals surface area contributed by atoms with Gasteiger partial charge in [0.15, 0.2) is 0 Å². The number of nitrogens with zero attached hydrogens (tertiary/aromatic N) is 1. The van der Waals surface area contributed by atoms with E-state index in [-0.39, 0.29) is 5.41 Å². The Morgan fingerprint density at radius 2 is 1.24 bits per heavy atom. The first-order valence-corrected chi connectivity index (χ1v) is 14.5. The van der Waals surface area contributed by atoms with E-state index in [2.05, 4.69) is 122 Å². The first-order valence-electron chi connectivity index (χ1n) is 14.5. The van der Waals surface area contributed by atoms with Crippen LogP contribution in [0.1, 0.15) is 25.0 Å². The molecule has 0 spiro atoms. The Bertz CT molecular complexity index is 2610. The number of furan rings is 2. The van der Waals surface area contributed by atoms with Gasteiger partial charge in [-0.2, -0.15) is 0 Å². The molecule has 6 aromatic carbocycles. The summed E-state index contributed by atoms with van der Waals surface area (Å²) in [5, 5.41) is 7.01. The molecule has 0 fully saturated rings. The summed E-state index contributed by atoms with van der Waals surface area (Å²) in [7, 11) is 0. The lowest BCUT2D eigenvalue weighted by Crippen LogP contribution is -2.16. The van der Waals surface area contributed by atoms with Gasteiger partial charge in [0, 0.05) is 38.0 Å². The molecule has 0 saturated heterocycles. The lowest BCUT2D eigenvalue weighted by Gasteiger charge is -2.24. The van der Waals surface area contributed by atoms with Crippen LogP contribution in [0.15, 0.2) is 124 Å². The highest BCUT2D eigenvalue weighted by molar-refractivity contribution is 6.30. The number of rotatable bonds is 1. The maximum atomic E-state index is 6.82. The zero-order chi connectivity index (χ0) is 27.7. The summed E-state index contributed by atoms with van der Waals surface area (Å²) >= 11 is 0. The summed E-state index contributed by atoms with van der Waals surface area (Å²) in [5.41, 5.74) is 12.3. The number of fused-ring (bicyclic) bond motifs is 15. The van der Waals surface area contributed by atoms with Crippen LogP contribution in [0.2, 0.25) is 0 Å². The van der Waals surface area contributed by atoms with Gasteiger partial charge in [0.1, 0.15) is 22.3 Å². The van der Waals surface area contributed by atoms with Gasteiger partial charge in [0.25, 0.3) is 0 Å². The molecule has 198 valence electrons. The minimum atomic E-state index is -0.213. The second kappa shape index (κ2) is 7.51. The Balaban J connectivity index is 1.48. The quantitative estimate of drug-likeness (QED) is 0.208. The fraction of sp³-hybridized carbons (Fsp3) is 0.0769. The van der Waals surface area contributed by atoms with Crippen LogP contribution in [-0.2, 0) is 5.41 Å². The molecule has 1 aliphatic carbocycles. The average molecular weight is 540 g/mol. The second-order valence-corrected chi connectivity index (χ2v) is 12.1. The van der Waals surface area contributed by atoms with Gasteiger partial charge >= 0.3 is 0 Å². The van der Waals surface area contributed by atoms with Gasteiger partial charge in [-0.15, -0.1) is 0 Å². The summed E-state index contributed by atoms with van der Waals surface area (Å²) < 4.78 is 15.5. The van der Waals surface area contributed by atoms with Crippen molar-refractivity contribution in [3.05, 3.63) is 126 Å². The Morgan fingerprint density at radius 1 is 0.571 bits per heavy atom. The van der Waals surface area contributed by atoms with E-state index in [1.165, 1.54) is 54.8 Å². The molecule has 3 nitrogen and oxygen atoms in total. The van der Waals surface area contributed by atoms with E-state index in [0.29, 0.717) is 0 Å². The molecule has 3 aromatic heterocycles. The molecule has 0 N–H and O–H groups in total. The molecule has 0 saturated carbocycles. The topological polar surface area (TPSA) is 31.2 Å². The van der Waals surface area contributed by atoms with Crippen molar-refractivity contribution in [2.24, 2.45) is 0 Å². The Kier molecular flexibility index (Phi) is 4.01. The molecule has 42 heavy (non-hydrogen) atoms. The Hall–Kier alpha value is -5.28. The van der Waals surface area contributed by atoms with Crippen LogP contribution in [0.25, 0.3) is 82.5 Å². The Morgan fingerprint density at radius 3 is 2.10 bits per heavy atom. The predicted octanol–water partition coefficient (Wildman–Crippen LogP) is 10.9. The van der Waals surface area contributed by atoms with E-state index in [0.717, 1.165) is 38.8 Å². The second-order valence-electron chi connectivity index (χ2n) is 12.1. The maximum Gasteiger partial charge on any atom is 0.146 e. The molecule has 0 unspecified atom stereocenters. The molecule has 0 aliphatic heterocycles. The molecule has 0 amide bonds. The largest absolute Gasteiger partial charge is 0.456 e. The van der Waals surface area contributed by atoms with Crippen LogP contribution < -0.4 is 0 Å². The molecule has 0 atom stereocenters. The molecule has 10 rings (SSSR count). The van der Waals surface area contributed by atoms with Gasteiger partial charge in [-0.3, -0.25) is 0 Å². The lowest BCUT2D eigenvalue weighted by molar-refractivity contribution is 0.662. The van der Waals surface area contributed by atoms with Gasteiger partial charge in [0.2, 0.25) is 0 Å². The number of hydrogen-bond acceptors (Lipinski definition) is 2. The highest BCUT2D eigenvalue weighted by Gasteiger charge is 2.41. The lowest BCUT2D eigenvalue weighted by atomic mass is 9.81. The maximum absolute atomic E-state index is 6.82. The van der Waals surface area contributed by atoms with Crippen molar-refractivity contribution in [3.8, 4) is 16.8 Å². The van der Waals surface area contributed by atoms with Gasteiger partial charge in [0.05, 0.1) is 16.4 Å². The molecular formula is C39H25NO2. The van der Waals surface area contributed by atoms with Crippen LogP contribution >= 0.6 is 0 Å². The smallest absolute Gasteiger partial charge is 0.146 e. The zero-order valence-electron chi connectivity index (χ0n) is 23.2. The third kappa shape index (κ3) is 2.58. The Labute approximate surface area is 241 Å². The van der Waals surface area contributed by atoms with Crippen molar-refractivity contribution in [1.29, 1.82) is 0 Å². The average Bonchev–Trinajstić information content (AvgIpc) is 3.74. The molecule has 3 heteroatoms. The van der Waals surface area contributed by atoms with Crippen molar-refractivity contribution >= 4 is 65.7 Å². The third-order valence-corrected chi connectivity index (χ3v) is 9.55. The SMILES string of the molecule is CC1(C)c2ccccc2-c2c1c1c(c3ccccc3n1-c1ccc3oc4ccccc4c3c1)c1oc3ccccc3c21. The van der Waals surface area contributed by atoms with Gasteiger partial charge in [-0.1, -0.05) is 92.7 Å². The predicted molar refractivity (Wildman–Crippen MR) is 173 cm³/mol. The number of hydrogen-bond donors (Lipinski definition) is 0. The van der Waals surface area contributed by atoms with Crippen molar-refractivity contribution in [1.82, 2.24) is 4.57 Å². The molecule has 1 aliphatic rings. The summed E-state index contributed by atoms with van der Waals surface area (Å²) in [6, 6.07) is 41.1. The number of benzene rings is 6. The fourth-order valence-corrected chi connectivity index (χ4v) is 7.80. The standard InChI is InChI=1S/C39H25NO2/c1-39(2)28-15-7-3-12-24(28)33-34-26-14-6-10-18-31(26)42-38(34)35-25-13-4-8-16-29(25)40(37(35)36(33)39)22-19-20-32-27(21-22)23-11-5-9-17-30(23)41-32/h3-21H,1-2H3. The van der Waals surface area contributed by atoms with Gasteiger partial charge in [-0.25, -0.2) is 0 Å².